The molecule has 110 valence electrons. The van der Waals surface area contributed by atoms with E-state index in [1.807, 2.05) is 19.1 Å². The second kappa shape index (κ2) is 8.32. The average molecular weight is 278 g/mol. The highest BCUT2D eigenvalue weighted by Gasteiger charge is 2.05. The van der Waals surface area contributed by atoms with E-state index in [2.05, 4.69) is 23.7 Å². The molecular weight excluding hydrogens is 256 g/mol. The summed E-state index contributed by atoms with van der Waals surface area (Å²) in [5.41, 5.74) is 1.37. The van der Waals surface area contributed by atoms with Gasteiger partial charge in [0.2, 0.25) is 0 Å². The standard InChI is InChI=1S/C15H22N2O3/c1-4-17(5-2)10-11-20-14-8-6-12(3)16-13(14)7-9-15(18)19/h6-9H,4-5,10-11H2,1-3H3,(H,18,19). The van der Waals surface area contributed by atoms with Crippen LogP contribution in [-0.4, -0.2) is 47.2 Å². The maximum atomic E-state index is 10.6. The molecule has 0 saturated heterocycles. The highest BCUT2D eigenvalue weighted by atomic mass is 16.5. The Hall–Kier alpha value is -1.88. The van der Waals surface area contributed by atoms with E-state index in [4.69, 9.17) is 9.84 Å². The van der Waals surface area contributed by atoms with Crippen LogP contribution >= 0.6 is 0 Å². The fourth-order valence-corrected chi connectivity index (χ4v) is 1.78. The molecule has 0 aromatic carbocycles. The van der Waals surface area contributed by atoms with Gasteiger partial charge in [-0.1, -0.05) is 13.8 Å². The molecule has 0 radical (unpaired) electrons. The Balaban J connectivity index is 2.71. The minimum absolute atomic E-state index is 0.548. The lowest BCUT2D eigenvalue weighted by molar-refractivity contribution is -0.131. The molecule has 5 heteroatoms. The highest BCUT2D eigenvalue weighted by molar-refractivity contribution is 5.85. The predicted molar refractivity (Wildman–Crippen MR) is 78.9 cm³/mol. The summed E-state index contributed by atoms with van der Waals surface area (Å²) in [7, 11) is 0. The fourth-order valence-electron chi connectivity index (χ4n) is 1.78. The zero-order valence-corrected chi connectivity index (χ0v) is 12.3. The molecule has 0 saturated carbocycles. The first-order chi connectivity index (χ1) is 9.56. The van der Waals surface area contributed by atoms with Gasteiger partial charge in [-0.2, -0.15) is 0 Å². The molecule has 20 heavy (non-hydrogen) atoms. The van der Waals surface area contributed by atoms with Crippen LogP contribution in [0.2, 0.25) is 0 Å². The first-order valence-corrected chi connectivity index (χ1v) is 6.80. The van der Waals surface area contributed by atoms with Crippen LogP contribution in [0.15, 0.2) is 18.2 Å². The number of nitrogens with zero attached hydrogens (tertiary/aromatic N) is 2. The Bertz CT molecular complexity index is 468. The molecule has 0 bridgehead atoms. The van der Waals surface area contributed by atoms with Crippen molar-refractivity contribution < 1.29 is 14.6 Å². The van der Waals surface area contributed by atoms with Crippen molar-refractivity contribution in [2.75, 3.05) is 26.2 Å². The summed E-state index contributed by atoms with van der Waals surface area (Å²) in [4.78, 5) is 17.1. The molecular formula is C15H22N2O3. The van der Waals surface area contributed by atoms with Gasteiger partial charge in [0.15, 0.2) is 0 Å². The van der Waals surface area contributed by atoms with Crippen molar-refractivity contribution in [2.24, 2.45) is 0 Å². The molecule has 0 aliphatic heterocycles. The number of carboxylic acid groups (broad SMARTS) is 1. The van der Waals surface area contributed by atoms with Gasteiger partial charge in [0, 0.05) is 18.3 Å². The number of ether oxygens (including phenoxy) is 1. The SMILES string of the molecule is CCN(CC)CCOc1ccc(C)nc1C=CC(=O)O. The van der Waals surface area contributed by atoms with Gasteiger partial charge in [-0.25, -0.2) is 9.78 Å². The molecule has 1 aromatic rings. The minimum Gasteiger partial charge on any atom is -0.490 e. The van der Waals surface area contributed by atoms with Crippen LogP contribution in [-0.2, 0) is 4.79 Å². The largest absolute Gasteiger partial charge is 0.490 e. The zero-order valence-electron chi connectivity index (χ0n) is 12.3. The van der Waals surface area contributed by atoms with Crippen molar-refractivity contribution in [2.45, 2.75) is 20.8 Å². The van der Waals surface area contributed by atoms with Crippen LogP contribution in [0.25, 0.3) is 6.08 Å². The molecule has 1 N–H and O–H groups in total. The van der Waals surface area contributed by atoms with E-state index in [-0.39, 0.29) is 0 Å². The number of hydrogen-bond acceptors (Lipinski definition) is 4. The molecule has 0 unspecified atom stereocenters. The number of aryl methyl sites for hydroxylation is 1. The van der Waals surface area contributed by atoms with Gasteiger partial charge in [0.05, 0.1) is 0 Å². The Morgan fingerprint density at radius 2 is 2.10 bits per heavy atom. The van der Waals surface area contributed by atoms with Crippen molar-refractivity contribution in [1.29, 1.82) is 0 Å². The Kier molecular flexibility index (Phi) is 6.73. The van der Waals surface area contributed by atoms with Crippen molar-refractivity contribution in [3.8, 4) is 5.75 Å². The number of carbonyl (C=O) groups is 1. The lowest BCUT2D eigenvalue weighted by Crippen LogP contribution is -2.28. The Labute approximate surface area is 119 Å². The first-order valence-electron chi connectivity index (χ1n) is 6.80. The third-order valence-corrected chi connectivity index (χ3v) is 2.97. The second-order valence-corrected chi connectivity index (χ2v) is 4.38. The van der Waals surface area contributed by atoms with E-state index in [1.165, 1.54) is 6.08 Å². The van der Waals surface area contributed by atoms with E-state index >= 15 is 0 Å². The smallest absolute Gasteiger partial charge is 0.328 e. The summed E-state index contributed by atoms with van der Waals surface area (Å²) in [5.74, 6) is -0.386. The van der Waals surface area contributed by atoms with E-state index < -0.39 is 5.97 Å². The van der Waals surface area contributed by atoms with Crippen LogP contribution < -0.4 is 4.74 Å². The Morgan fingerprint density at radius 3 is 2.70 bits per heavy atom. The lowest BCUT2D eigenvalue weighted by atomic mass is 10.2. The maximum absolute atomic E-state index is 10.6. The summed E-state index contributed by atoms with van der Waals surface area (Å²) in [6, 6.07) is 3.68. The molecule has 0 atom stereocenters. The van der Waals surface area contributed by atoms with Crippen molar-refractivity contribution in [3.05, 3.63) is 29.6 Å². The molecule has 1 rings (SSSR count). The van der Waals surface area contributed by atoms with Gasteiger partial charge in [-0.3, -0.25) is 0 Å². The maximum Gasteiger partial charge on any atom is 0.328 e. The number of rotatable bonds is 8. The number of likely N-dealkylation sites (N-methyl/N-ethyl adjacent to an activating group) is 1. The van der Waals surface area contributed by atoms with E-state index in [0.29, 0.717) is 18.1 Å². The van der Waals surface area contributed by atoms with E-state index in [9.17, 15) is 4.79 Å². The summed E-state index contributed by atoms with van der Waals surface area (Å²) in [5, 5.41) is 8.69. The van der Waals surface area contributed by atoms with Gasteiger partial charge in [-0.15, -0.1) is 0 Å². The average Bonchev–Trinajstić information content (AvgIpc) is 2.43. The van der Waals surface area contributed by atoms with E-state index in [1.54, 1.807) is 0 Å². The normalized spacial score (nSPS) is 11.2. The summed E-state index contributed by atoms with van der Waals surface area (Å²) < 4.78 is 5.71. The topological polar surface area (TPSA) is 62.7 Å². The van der Waals surface area contributed by atoms with Gasteiger partial charge in [0.25, 0.3) is 0 Å². The fraction of sp³-hybridized carbons (Fsp3) is 0.467. The number of aromatic nitrogens is 1. The van der Waals surface area contributed by atoms with Gasteiger partial charge in [-0.05, 0) is 38.2 Å². The highest BCUT2D eigenvalue weighted by Crippen LogP contribution is 2.18. The number of pyridine rings is 1. The zero-order chi connectivity index (χ0) is 15.0. The predicted octanol–water partition coefficient (Wildman–Crippen LogP) is 2.21. The van der Waals surface area contributed by atoms with Crippen molar-refractivity contribution in [3.63, 3.8) is 0 Å². The molecule has 5 nitrogen and oxygen atoms in total. The molecule has 0 aliphatic carbocycles. The molecule has 0 aliphatic rings. The number of hydrogen-bond donors (Lipinski definition) is 1. The Morgan fingerprint density at radius 1 is 1.40 bits per heavy atom. The third kappa shape index (κ3) is 5.40. The van der Waals surface area contributed by atoms with Crippen LogP contribution in [0.1, 0.15) is 25.2 Å². The number of carboxylic acids is 1. The van der Waals surface area contributed by atoms with Crippen molar-refractivity contribution in [1.82, 2.24) is 9.88 Å². The molecule has 0 amide bonds. The van der Waals surface area contributed by atoms with Crippen molar-refractivity contribution >= 4 is 12.0 Å². The van der Waals surface area contributed by atoms with E-state index in [0.717, 1.165) is 31.4 Å². The van der Waals surface area contributed by atoms with Gasteiger partial charge >= 0.3 is 5.97 Å². The molecule has 1 heterocycles. The monoisotopic (exact) mass is 278 g/mol. The van der Waals surface area contributed by atoms with Crippen LogP contribution in [0.3, 0.4) is 0 Å². The second-order valence-electron chi connectivity index (χ2n) is 4.38. The van der Waals surface area contributed by atoms with Crippen LogP contribution in [0.4, 0.5) is 0 Å². The number of aliphatic carboxylic acids is 1. The first kappa shape index (κ1) is 16.2. The summed E-state index contributed by atoms with van der Waals surface area (Å²) in [6.07, 6.45) is 2.53. The van der Waals surface area contributed by atoms with Crippen LogP contribution in [0.5, 0.6) is 5.75 Å². The van der Waals surface area contributed by atoms with Crippen LogP contribution in [0, 0.1) is 6.92 Å². The molecule has 0 spiro atoms. The van der Waals surface area contributed by atoms with Gasteiger partial charge in [0.1, 0.15) is 18.1 Å². The minimum atomic E-state index is -0.998. The summed E-state index contributed by atoms with van der Waals surface area (Å²) >= 11 is 0. The molecule has 0 fully saturated rings. The quantitative estimate of drug-likeness (QED) is 0.739. The summed E-state index contributed by atoms with van der Waals surface area (Å²) in [6.45, 7) is 9.44. The third-order valence-electron chi connectivity index (χ3n) is 2.97. The molecule has 1 aromatic heterocycles. The van der Waals surface area contributed by atoms with Gasteiger partial charge < -0.3 is 14.7 Å². The lowest BCUT2D eigenvalue weighted by Gasteiger charge is -2.18.